The molecule has 2 aliphatic rings. The summed E-state index contributed by atoms with van der Waals surface area (Å²) >= 11 is 0. The Morgan fingerprint density at radius 2 is 1.72 bits per heavy atom. The molecule has 8 heteroatoms. The lowest BCUT2D eigenvalue weighted by Gasteiger charge is -2.31. The standard InChI is InChI=1S/C21H34N2O6/c1-21(2,3)29-20(27)23-15(11-13-7-5-8-13)18(25)22-16(19(26)28-4)12-14-9-6-10-17(14)24/h13-16H,5-12H2,1-4H3,(H,22,25)(H,23,27)/t14-,15-,16-/m0/s1. The summed E-state index contributed by atoms with van der Waals surface area (Å²) in [6.07, 6.45) is 5.20. The summed E-state index contributed by atoms with van der Waals surface area (Å²) in [5.74, 6) is -0.815. The highest BCUT2D eigenvalue weighted by Gasteiger charge is 2.35. The average molecular weight is 411 g/mol. The Kier molecular flexibility index (Phi) is 8.05. The van der Waals surface area contributed by atoms with Gasteiger partial charge in [-0.15, -0.1) is 0 Å². The average Bonchev–Trinajstić information content (AvgIpc) is 2.98. The van der Waals surface area contributed by atoms with Crippen molar-refractivity contribution in [3.8, 4) is 0 Å². The Labute approximate surface area is 172 Å². The van der Waals surface area contributed by atoms with Crippen LogP contribution in [0.15, 0.2) is 0 Å². The van der Waals surface area contributed by atoms with Crippen LogP contribution in [0.3, 0.4) is 0 Å². The van der Waals surface area contributed by atoms with Gasteiger partial charge in [-0.2, -0.15) is 0 Å². The SMILES string of the molecule is COC(=O)[C@H](C[C@@H]1CCCC1=O)NC(=O)[C@H](CC1CCC1)NC(=O)OC(C)(C)C. The number of carbonyl (C=O) groups is 4. The molecule has 2 aliphatic carbocycles. The number of methoxy groups -OCH3 is 1. The maximum Gasteiger partial charge on any atom is 0.408 e. The van der Waals surface area contributed by atoms with Crippen LogP contribution in [0.1, 0.15) is 72.1 Å². The summed E-state index contributed by atoms with van der Waals surface area (Å²) in [6, 6.07) is -1.72. The van der Waals surface area contributed by atoms with Crippen molar-refractivity contribution >= 4 is 23.8 Å². The van der Waals surface area contributed by atoms with Gasteiger partial charge in [-0.3, -0.25) is 9.59 Å². The normalized spacial score (nSPS) is 21.7. The zero-order valence-corrected chi connectivity index (χ0v) is 17.9. The molecule has 0 aromatic rings. The first-order valence-corrected chi connectivity index (χ1v) is 10.5. The highest BCUT2D eigenvalue weighted by Crippen LogP contribution is 2.31. The number of carbonyl (C=O) groups excluding carboxylic acids is 4. The lowest BCUT2D eigenvalue weighted by molar-refractivity contribution is -0.146. The predicted molar refractivity (Wildman–Crippen MR) is 106 cm³/mol. The molecule has 0 radical (unpaired) electrons. The molecule has 0 spiro atoms. The van der Waals surface area contributed by atoms with Gasteiger partial charge >= 0.3 is 12.1 Å². The van der Waals surface area contributed by atoms with Crippen molar-refractivity contribution in [2.45, 2.75) is 89.8 Å². The van der Waals surface area contributed by atoms with Crippen molar-refractivity contribution in [3.05, 3.63) is 0 Å². The van der Waals surface area contributed by atoms with Gasteiger partial charge in [0.1, 0.15) is 23.5 Å². The highest BCUT2D eigenvalue weighted by atomic mass is 16.6. The summed E-state index contributed by atoms with van der Waals surface area (Å²) in [5, 5.41) is 5.35. The van der Waals surface area contributed by atoms with Gasteiger partial charge in [-0.1, -0.05) is 19.3 Å². The van der Waals surface area contributed by atoms with Crippen LogP contribution in [0.4, 0.5) is 4.79 Å². The monoisotopic (exact) mass is 410 g/mol. The quantitative estimate of drug-likeness (QED) is 0.595. The van der Waals surface area contributed by atoms with Gasteiger partial charge in [-0.05, 0) is 52.4 Å². The molecule has 0 saturated heterocycles. The molecule has 0 unspecified atom stereocenters. The van der Waals surface area contributed by atoms with Crippen molar-refractivity contribution in [2.75, 3.05) is 7.11 Å². The molecule has 0 aromatic carbocycles. The fourth-order valence-electron chi connectivity index (χ4n) is 3.79. The summed E-state index contributed by atoms with van der Waals surface area (Å²) in [7, 11) is 1.25. The fourth-order valence-corrected chi connectivity index (χ4v) is 3.79. The molecule has 0 bridgehead atoms. The van der Waals surface area contributed by atoms with Gasteiger partial charge in [0, 0.05) is 12.3 Å². The second kappa shape index (κ2) is 10.1. The van der Waals surface area contributed by atoms with Crippen LogP contribution in [0, 0.1) is 11.8 Å². The van der Waals surface area contributed by atoms with Gasteiger partial charge in [0.15, 0.2) is 0 Å². The third kappa shape index (κ3) is 7.33. The first-order chi connectivity index (χ1) is 13.6. The number of ether oxygens (including phenoxy) is 2. The van der Waals surface area contributed by atoms with E-state index in [1.54, 1.807) is 20.8 Å². The topological polar surface area (TPSA) is 111 Å². The van der Waals surface area contributed by atoms with E-state index in [-0.39, 0.29) is 18.1 Å². The van der Waals surface area contributed by atoms with Gasteiger partial charge in [-0.25, -0.2) is 9.59 Å². The highest BCUT2D eigenvalue weighted by molar-refractivity contribution is 5.90. The smallest absolute Gasteiger partial charge is 0.408 e. The minimum atomic E-state index is -0.913. The van der Waals surface area contributed by atoms with Crippen LogP contribution in [0.25, 0.3) is 0 Å². The molecule has 8 nitrogen and oxygen atoms in total. The molecular formula is C21H34N2O6. The van der Waals surface area contributed by atoms with Crippen molar-refractivity contribution in [3.63, 3.8) is 0 Å². The molecule has 0 aliphatic heterocycles. The van der Waals surface area contributed by atoms with E-state index in [1.807, 2.05) is 0 Å². The summed E-state index contributed by atoms with van der Waals surface area (Å²) in [6.45, 7) is 5.25. The molecule has 2 saturated carbocycles. The molecule has 29 heavy (non-hydrogen) atoms. The number of ketones is 1. The van der Waals surface area contributed by atoms with Crippen molar-refractivity contribution in [1.82, 2.24) is 10.6 Å². The summed E-state index contributed by atoms with van der Waals surface area (Å²) in [5.41, 5.74) is -0.682. The summed E-state index contributed by atoms with van der Waals surface area (Å²) in [4.78, 5) is 49.3. The lowest BCUT2D eigenvalue weighted by Crippen LogP contribution is -2.53. The Balaban J connectivity index is 2.04. The zero-order chi connectivity index (χ0) is 21.6. The van der Waals surface area contributed by atoms with Crippen molar-refractivity contribution in [1.29, 1.82) is 0 Å². The molecule has 0 aromatic heterocycles. The van der Waals surface area contributed by atoms with E-state index >= 15 is 0 Å². The largest absolute Gasteiger partial charge is 0.467 e. The van der Waals surface area contributed by atoms with Crippen LogP contribution < -0.4 is 10.6 Å². The van der Waals surface area contributed by atoms with Crippen LogP contribution in [-0.2, 0) is 23.9 Å². The van der Waals surface area contributed by atoms with E-state index in [0.29, 0.717) is 25.2 Å². The van der Waals surface area contributed by atoms with Gasteiger partial charge in [0.25, 0.3) is 0 Å². The van der Waals surface area contributed by atoms with Crippen LogP contribution >= 0.6 is 0 Å². The molecule has 0 heterocycles. The molecule has 3 atom stereocenters. The van der Waals surface area contributed by atoms with E-state index in [9.17, 15) is 19.2 Å². The van der Waals surface area contributed by atoms with Crippen LogP contribution in [-0.4, -0.2) is 48.5 Å². The minimum absolute atomic E-state index is 0.117. The summed E-state index contributed by atoms with van der Waals surface area (Å²) < 4.78 is 10.1. The first-order valence-electron chi connectivity index (χ1n) is 10.5. The van der Waals surface area contributed by atoms with Crippen LogP contribution in [0.2, 0.25) is 0 Å². The second-order valence-electron chi connectivity index (χ2n) is 9.11. The lowest BCUT2D eigenvalue weighted by atomic mass is 9.80. The van der Waals surface area contributed by atoms with Gasteiger partial charge in [0.05, 0.1) is 7.11 Å². The Bertz CT molecular complexity index is 623. The molecule has 2 rings (SSSR count). The zero-order valence-electron chi connectivity index (χ0n) is 17.9. The first kappa shape index (κ1) is 23.2. The van der Waals surface area contributed by atoms with E-state index in [2.05, 4.69) is 10.6 Å². The number of nitrogens with one attached hydrogen (secondary N) is 2. The number of hydrogen-bond acceptors (Lipinski definition) is 6. The Morgan fingerprint density at radius 3 is 2.21 bits per heavy atom. The third-order valence-electron chi connectivity index (χ3n) is 5.55. The molecule has 164 valence electrons. The minimum Gasteiger partial charge on any atom is -0.467 e. The van der Waals surface area contributed by atoms with E-state index in [4.69, 9.17) is 9.47 Å². The van der Waals surface area contributed by atoms with Gasteiger partial charge in [0.2, 0.25) is 5.91 Å². The number of Topliss-reactive ketones (excluding diaryl/α,β-unsaturated/α-hetero) is 1. The molecule has 2 amide bonds. The molecule has 2 fully saturated rings. The number of amides is 2. The Hall–Kier alpha value is -2.12. The van der Waals surface area contributed by atoms with E-state index in [1.165, 1.54) is 7.11 Å². The van der Waals surface area contributed by atoms with Crippen molar-refractivity contribution < 1.29 is 28.7 Å². The molecular weight excluding hydrogens is 376 g/mol. The maximum absolute atomic E-state index is 12.9. The fraction of sp³-hybridized carbons (Fsp3) is 0.810. The van der Waals surface area contributed by atoms with Crippen molar-refractivity contribution in [2.24, 2.45) is 11.8 Å². The number of alkyl carbamates (subject to hydrolysis) is 1. The molecule has 2 N–H and O–H groups in total. The van der Waals surface area contributed by atoms with Gasteiger partial charge < -0.3 is 20.1 Å². The third-order valence-corrected chi connectivity index (χ3v) is 5.55. The van der Waals surface area contributed by atoms with E-state index in [0.717, 1.165) is 25.7 Å². The second-order valence-corrected chi connectivity index (χ2v) is 9.11. The number of hydrogen-bond donors (Lipinski definition) is 2. The van der Waals surface area contributed by atoms with E-state index < -0.39 is 35.7 Å². The number of rotatable bonds is 8. The number of esters is 1. The van der Waals surface area contributed by atoms with Crippen LogP contribution in [0.5, 0.6) is 0 Å². The predicted octanol–water partition coefficient (Wildman–Crippen LogP) is 2.49. The maximum atomic E-state index is 12.9. The Morgan fingerprint density at radius 1 is 1.03 bits per heavy atom.